The Kier molecular flexibility index (Phi) is 5.65. The van der Waals surface area contributed by atoms with Gasteiger partial charge in [-0.25, -0.2) is 14.8 Å². The second kappa shape index (κ2) is 8.70. The summed E-state index contributed by atoms with van der Waals surface area (Å²) in [6.45, 7) is 4.21. The Labute approximate surface area is 178 Å². The van der Waals surface area contributed by atoms with Gasteiger partial charge in [-0.3, -0.25) is 4.98 Å². The van der Waals surface area contributed by atoms with Gasteiger partial charge in [-0.1, -0.05) is 13.8 Å². The number of amides is 1. The number of anilines is 2. The predicted molar refractivity (Wildman–Crippen MR) is 117 cm³/mol. The van der Waals surface area contributed by atoms with Crippen LogP contribution in [0.25, 0.3) is 22.2 Å². The number of hydrogen-bond acceptors (Lipinski definition) is 8. The molecule has 4 aromatic heterocycles. The van der Waals surface area contributed by atoms with Gasteiger partial charge >= 0.3 is 6.09 Å². The molecule has 0 saturated carbocycles. The number of fused-ring (bicyclic) bond motifs is 1. The number of carbonyl (C=O) groups is 1. The summed E-state index contributed by atoms with van der Waals surface area (Å²) in [7, 11) is 1.49. The van der Waals surface area contributed by atoms with Crippen molar-refractivity contribution >= 4 is 28.8 Å². The Morgan fingerprint density at radius 1 is 0.968 bits per heavy atom. The van der Waals surface area contributed by atoms with E-state index in [1.165, 1.54) is 7.05 Å². The third-order valence-corrected chi connectivity index (χ3v) is 4.61. The van der Waals surface area contributed by atoms with Gasteiger partial charge in [0.2, 0.25) is 5.88 Å². The van der Waals surface area contributed by atoms with Crippen molar-refractivity contribution in [3.63, 3.8) is 0 Å². The van der Waals surface area contributed by atoms with E-state index < -0.39 is 6.09 Å². The summed E-state index contributed by atoms with van der Waals surface area (Å²) in [5, 5.41) is 13.8. The first kappa shape index (κ1) is 20.1. The molecule has 4 rings (SSSR count). The van der Waals surface area contributed by atoms with Gasteiger partial charge in [-0.15, -0.1) is 5.10 Å². The van der Waals surface area contributed by atoms with Crippen molar-refractivity contribution in [3.8, 4) is 17.0 Å². The quantitative estimate of drug-likeness (QED) is 0.501. The molecule has 0 atom stereocenters. The molecule has 4 aromatic rings. The van der Waals surface area contributed by atoms with Crippen molar-refractivity contribution < 1.29 is 9.53 Å². The predicted octanol–water partition coefficient (Wildman–Crippen LogP) is 4.07. The molecule has 0 aliphatic carbocycles. The van der Waals surface area contributed by atoms with Gasteiger partial charge < -0.3 is 15.4 Å². The first-order valence-electron chi connectivity index (χ1n) is 9.74. The second-order valence-corrected chi connectivity index (χ2v) is 7.13. The molecular weight excluding hydrogens is 394 g/mol. The second-order valence-electron chi connectivity index (χ2n) is 7.13. The van der Waals surface area contributed by atoms with Crippen LogP contribution in [0.2, 0.25) is 0 Å². The number of nitrogens with one attached hydrogen (secondary N) is 2. The standard InChI is InChI=1S/C22H21N7O2/c1-13(2)15-9-20(29-26-12-15)28-19-5-4-17-18(27-19)8-16(11-25-17)14-6-7-24-21(10-14)31-22(30)23-3/h4-13H,1-3H3,(H,23,30)(H,27,28,29). The highest BCUT2D eigenvalue weighted by molar-refractivity contribution is 5.82. The summed E-state index contributed by atoms with van der Waals surface area (Å²) in [6, 6.07) is 11.1. The Morgan fingerprint density at radius 2 is 1.84 bits per heavy atom. The van der Waals surface area contributed by atoms with Crippen LogP contribution >= 0.6 is 0 Å². The minimum absolute atomic E-state index is 0.198. The molecule has 0 spiro atoms. The minimum Gasteiger partial charge on any atom is -0.391 e. The number of rotatable bonds is 5. The number of aromatic nitrogens is 5. The molecule has 0 saturated heterocycles. The summed E-state index contributed by atoms with van der Waals surface area (Å²) in [5.41, 5.74) is 4.19. The molecule has 0 aromatic carbocycles. The molecule has 9 nitrogen and oxygen atoms in total. The first-order valence-corrected chi connectivity index (χ1v) is 9.74. The third kappa shape index (κ3) is 4.72. The zero-order chi connectivity index (χ0) is 21.8. The molecule has 156 valence electrons. The summed E-state index contributed by atoms with van der Waals surface area (Å²) < 4.78 is 5.10. The van der Waals surface area contributed by atoms with E-state index >= 15 is 0 Å². The SMILES string of the molecule is CNC(=O)Oc1cc(-c2cnc3ccc(Nc4cc(C(C)C)cnn4)nc3c2)ccn1. The van der Waals surface area contributed by atoms with Crippen molar-refractivity contribution in [2.24, 2.45) is 0 Å². The lowest BCUT2D eigenvalue weighted by molar-refractivity contribution is 0.201. The van der Waals surface area contributed by atoms with Crippen molar-refractivity contribution in [2.75, 3.05) is 12.4 Å². The average Bonchev–Trinajstić information content (AvgIpc) is 2.79. The van der Waals surface area contributed by atoms with Crippen LogP contribution in [-0.4, -0.2) is 38.3 Å². The van der Waals surface area contributed by atoms with Crippen molar-refractivity contribution in [1.82, 2.24) is 30.5 Å². The monoisotopic (exact) mass is 415 g/mol. The van der Waals surface area contributed by atoms with E-state index in [2.05, 4.69) is 49.6 Å². The highest BCUT2D eigenvalue weighted by Crippen LogP contribution is 2.25. The van der Waals surface area contributed by atoms with Crippen LogP contribution in [0.4, 0.5) is 16.4 Å². The molecule has 0 aliphatic rings. The van der Waals surface area contributed by atoms with Crippen LogP contribution in [0.1, 0.15) is 25.3 Å². The van der Waals surface area contributed by atoms with Gasteiger partial charge in [-0.05, 0) is 47.4 Å². The van der Waals surface area contributed by atoms with Crippen molar-refractivity contribution in [1.29, 1.82) is 0 Å². The molecule has 9 heteroatoms. The van der Waals surface area contributed by atoms with Gasteiger partial charge in [0, 0.05) is 31.1 Å². The molecule has 2 N–H and O–H groups in total. The average molecular weight is 415 g/mol. The number of nitrogens with zero attached hydrogens (tertiary/aromatic N) is 5. The smallest absolute Gasteiger partial charge is 0.391 e. The summed E-state index contributed by atoms with van der Waals surface area (Å²) in [6.07, 6.45) is 4.50. The molecular formula is C22H21N7O2. The van der Waals surface area contributed by atoms with Gasteiger partial charge in [0.1, 0.15) is 5.82 Å². The molecule has 1 amide bonds. The van der Waals surface area contributed by atoms with E-state index in [9.17, 15) is 4.79 Å². The summed E-state index contributed by atoms with van der Waals surface area (Å²) >= 11 is 0. The molecule has 31 heavy (non-hydrogen) atoms. The highest BCUT2D eigenvalue weighted by Gasteiger charge is 2.09. The van der Waals surface area contributed by atoms with Gasteiger partial charge in [0.15, 0.2) is 5.82 Å². The lowest BCUT2D eigenvalue weighted by Crippen LogP contribution is -2.22. The Morgan fingerprint density at radius 3 is 2.65 bits per heavy atom. The Bertz CT molecular complexity index is 1240. The Hall–Kier alpha value is -4.14. The zero-order valence-electron chi connectivity index (χ0n) is 17.3. The first-order chi connectivity index (χ1) is 15.0. The van der Waals surface area contributed by atoms with Crippen LogP contribution in [0.5, 0.6) is 5.88 Å². The molecule has 0 radical (unpaired) electrons. The maximum Gasteiger partial charge on any atom is 0.413 e. The molecule has 0 bridgehead atoms. The van der Waals surface area contributed by atoms with E-state index in [-0.39, 0.29) is 5.88 Å². The normalized spacial score (nSPS) is 10.8. The van der Waals surface area contributed by atoms with E-state index in [1.54, 1.807) is 24.7 Å². The number of pyridine rings is 3. The number of carbonyl (C=O) groups excluding carboxylic acids is 1. The fourth-order valence-electron chi connectivity index (χ4n) is 2.91. The van der Waals surface area contributed by atoms with E-state index in [1.807, 2.05) is 30.3 Å². The zero-order valence-corrected chi connectivity index (χ0v) is 17.3. The maximum absolute atomic E-state index is 11.4. The summed E-state index contributed by atoms with van der Waals surface area (Å²) in [4.78, 5) is 24.6. The van der Waals surface area contributed by atoms with Crippen LogP contribution in [-0.2, 0) is 0 Å². The lowest BCUT2D eigenvalue weighted by Gasteiger charge is -2.09. The van der Waals surface area contributed by atoms with Gasteiger partial charge in [0.05, 0.1) is 17.2 Å². The maximum atomic E-state index is 11.4. The van der Waals surface area contributed by atoms with Crippen LogP contribution in [0.15, 0.2) is 55.0 Å². The van der Waals surface area contributed by atoms with Crippen LogP contribution < -0.4 is 15.4 Å². The molecule has 0 unspecified atom stereocenters. The largest absolute Gasteiger partial charge is 0.413 e. The number of hydrogen-bond donors (Lipinski definition) is 2. The topological polar surface area (TPSA) is 115 Å². The Balaban J connectivity index is 1.63. The minimum atomic E-state index is -0.580. The molecule has 0 aliphatic heterocycles. The van der Waals surface area contributed by atoms with Crippen molar-refractivity contribution in [3.05, 3.63) is 60.6 Å². The number of ether oxygens (including phenoxy) is 1. The van der Waals surface area contributed by atoms with E-state index in [4.69, 9.17) is 4.74 Å². The van der Waals surface area contributed by atoms with Gasteiger partial charge in [0.25, 0.3) is 0 Å². The van der Waals surface area contributed by atoms with Crippen LogP contribution in [0.3, 0.4) is 0 Å². The fraction of sp³-hybridized carbons (Fsp3) is 0.182. The molecule has 0 fully saturated rings. The highest BCUT2D eigenvalue weighted by atomic mass is 16.6. The lowest BCUT2D eigenvalue weighted by atomic mass is 10.1. The van der Waals surface area contributed by atoms with Crippen LogP contribution in [0, 0.1) is 0 Å². The van der Waals surface area contributed by atoms with E-state index in [0.717, 1.165) is 22.2 Å². The third-order valence-electron chi connectivity index (χ3n) is 4.61. The van der Waals surface area contributed by atoms with Gasteiger partial charge in [-0.2, -0.15) is 5.10 Å². The molecule has 4 heterocycles. The fourth-order valence-corrected chi connectivity index (χ4v) is 2.91. The summed E-state index contributed by atoms with van der Waals surface area (Å²) in [5.74, 6) is 1.82. The van der Waals surface area contributed by atoms with E-state index in [0.29, 0.717) is 23.1 Å². The van der Waals surface area contributed by atoms with Crippen molar-refractivity contribution in [2.45, 2.75) is 19.8 Å².